The molecular formula is C46H73Cl4F3N6O13. The van der Waals surface area contributed by atoms with Crippen LogP contribution in [0.3, 0.4) is 0 Å². The summed E-state index contributed by atoms with van der Waals surface area (Å²) in [5.74, 6) is 0. The molecule has 0 saturated carbocycles. The molecule has 72 heavy (non-hydrogen) atoms. The first-order chi connectivity index (χ1) is 33.6. The van der Waals surface area contributed by atoms with Gasteiger partial charge in [-0.05, 0) is 60.8 Å². The lowest BCUT2D eigenvalue weighted by Crippen LogP contribution is -2.51. The molecule has 0 spiro atoms. The molecule has 0 aliphatic carbocycles. The number of aldehydes is 2. The van der Waals surface area contributed by atoms with Crippen LogP contribution >= 0.6 is 46.4 Å². The molecule has 5 aliphatic rings. The van der Waals surface area contributed by atoms with E-state index in [4.69, 9.17) is 90.5 Å². The molecule has 5 saturated heterocycles. The Bertz CT molecular complexity index is 1740. The van der Waals surface area contributed by atoms with Crippen LogP contribution in [-0.2, 0) is 38.0 Å². The van der Waals surface area contributed by atoms with E-state index in [9.17, 15) is 37.1 Å². The Kier molecular flexibility index (Phi) is 35.7. The number of carbonyl (C=O) groups excluding carboxylic acids is 6. The Morgan fingerprint density at radius 1 is 0.722 bits per heavy atom. The Hall–Kier alpha value is -4.13. The number of nitrogens with one attached hydrogen (secondary N) is 1. The van der Waals surface area contributed by atoms with Crippen LogP contribution in [0.2, 0.25) is 0 Å². The molecule has 0 bridgehead atoms. The smallest absolute Gasteiger partial charge is 0.445 e. The van der Waals surface area contributed by atoms with E-state index >= 15 is 0 Å². The number of hydrogen-bond donors (Lipinski definition) is 3. The second-order valence-electron chi connectivity index (χ2n) is 17.4. The van der Waals surface area contributed by atoms with Crippen molar-refractivity contribution in [1.29, 1.82) is 0 Å². The van der Waals surface area contributed by atoms with Crippen molar-refractivity contribution in [3.05, 3.63) is 61.8 Å². The van der Waals surface area contributed by atoms with Crippen molar-refractivity contribution in [2.45, 2.75) is 109 Å². The molecule has 5 atom stereocenters. The largest absolute Gasteiger partial charge is 0.446 e. The zero-order valence-electron chi connectivity index (χ0n) is 41.9. The van der Waals surface area contributed by atoms with Gasteiger partial charge in [-0.2, -0.15) is 13.2 Å². The number of carbonyl (C=O) groups is 6. The van der Waals surface area contributed by atoms with Gasteiger partial charge in [0, 0.05) is 26.2 Å². The number of amides is 4. The lowest BCUT2D eigenvalue weighted by atomic mass is 10.1. The number of hydrogen-bond acceptors (Lipinski definition) is 15. The topological polar surface area (TPSA) is 229 Å². The van der Waals surface area contributed by atoms with Crippen LogP contribution in [0.15, 0.2) is 61.8 Å². The van der Waals surface area contributed by atoms with Gasteiger partial charge in [-0.25, -0.2) is 19.2 Å². The van der Waals surface area contributed by atoms with Gasteiger partial charge in [0.2, 0.25) is 6.29 Å². The molecular weight excluding hydrogens is 1040 g/mol. The highest BCUT2D eigenvalue weighted by molar-refractivity contribution is 6.41. The maximum Gasteiger partial charge on any atom is 0.446 e. The molecule has 5 aliphatic heterocycles. The number of alkyl halides is 7. The van der Waals surface area contributed by atoms with Crippen LogP contribution in [0.4, 0.5) is 32.3 Å². The van der Waals surface area contributed by atoms with Gasteiger partial charge in [-0.15, -0.1) is 46.4 Å². The van der Waals surface area contributed by atoms with E-state index in [0.29, 0.717) is 58.8 Å². The fourth-order valence-electron chi connectivity index (χ4n) is 6.45. The Balaban J connectivity index is 0. The van der Waals surface area contributed by atoms with Crippen LogP contribution in [0.25, 0.3) is 0 Å². The van der Waals surface area contributed by atoms with Crippen LogP contribution in [0.5, 0.6) is 0 Å². The van der Waals surface area contributed by atoms with E-state index in [1.165, 1.54) is 15.9 Å². The standard InChI is InChI=1S/C17H26N2O5.C12H18N2O3.C11H17NO3.C2HF3O.C2H7NO.2CH2Cl2/c1-6-8-23-15(20)18-7-9-22-14(18)13-10-12(2)11-19(13)16(21)24-17(3,4)5;1-3-5-17-12(15)14-4-6-16-11(14)10-7-9(2)8-13-10;1-8-5-9(7-13)12(6-8)10(14)15-11(2,3)4;3-2(4,5)1-6;3-1-2-4;2*2-1-3/h6,13-14H,1-2,7-11H2,3-5H3;3,10-11,13H,1-2,4-8H2;7,9H,1,5-6H2,2-4H3;1H;4H,1-3H2;2*1H2/t13-,14?;10-,11?;9-;;;;/m000..../s1. The molecule has 0 radical (unpaired) electrons. The molecule has 414 valence electrons. The number of nitrogens with two attached hydrogens (primary N) is 1. The van der Waals surface area contributed by atoms with Crippen LogP contribution in [0.1, 0.15) is 60.8 Å². The van der Waals surface area contributed by atoms with Crippen molar-refractivity contribution in [3.63, 3.8) is 0 Å². The quantitative estimate of drug-likeness (QED) is 0.0916. The number of nitrogens with zero attached hydrogens (tertiary/aromatic N) is 4. The molecule has 19 nitrogen and oxygen atoms in total. The number of ether oxygens (including phenoxy) is 6. The molecule has 0 aromatic rings. The van der Waals surface area contributed by atoms with Crippen molar-refractivity contribution in [2.24, 2.45) is 5.73 Å². The third-order valence-electron chi connectivity index (χ3n) is 9.03. The highest BCUT2D eigenvalue weighted by atomic mass is 35.5. The summed E-state index contributed by atoms with van der Waals surface area (Å²) in [5, 5.41) is 11.4. The zero-order chi connectivity index (χ0) is 55.8. The van der Waals surface area contributed by atoms with Gasteiger partial charge >= 0.3 is 30.5 Å². The predicted octanol–water partition coefficient (Wildman–Crippen LogP) is 7.70. The maximum absolute atomic E-state index is 12.5. The molecule has 5 heterocycles. The first-order valence-electron chi connectivity index (χ1n) is 22.2. The van der Waals surface area contributed by atoms with Gasteiger partial charge in [0.05, 0.1) is 61.7 Å². The number of aliphatic hydroxyl groups is 1. The monoisotopic (exact) mass is 1110 g/mol. The first kappa shape index (κ1) is 69.9. The summed E-state index contributed by atoms with van der Waals surface area (Å²) in [6.45, 7) is 33.9. The molecule has 26 heteroatoms. The highest BCUT2D eigenvalue weighted by Crippen LogP contribution is 2.31. The van der Waals surface area contributed by atoms with E-state index in [1.807, 2.05) is 20.8 Å². The van der Waals surface area contributed by atoms with Crippen LogP contribution in [0, 0.1) is 0 Å². The lowest BCUT2D eigenvalue weighted by molar-refractivity contribution is -0.156. The van der Waals surface area contributed by atoms with Crippen molar-refractivity contribution < 1.29 is 75.5 Å². The van der Waals surface area contributed by atoms with Gasteiger partial charge in [0.15, 0.2) is 12.5 Å². The van der Waals surface area contributed by atoms with E-state index in [0.717, 1.165) is 36.0 Å². The van der Waals surface area contributed by atoms with E-state index < -0.39 is 54.2 Å². The van der Waals surface area contributed by atoms with Gasteiger partial charge in [0.1, 0.15) is 30.7 Å². The van der Waals surface area contributed by atoms with Crippen molar-refractivity contribution in [3.8, 4) is 0 Å². The van der Waals surface area contributed by atoms with E-state index in [-0.39, 0.29) is 54.9 Å². The average molecular weight is 1120 g/mol. The Morgan fingerprint density at radius 3 is 1.50 bits per heavy atom. The molecule has 2 unspecified atom stereocenters. The van der Waals surface area contributed by atoms with Crippen LogP contribution in [-0.4, -0.2) is 193 Å². The second kappa shape index (κ2) is 36.7. The summed E-state index contributed by atoms with van der Waals surface area (Å²) in [5.41, 5.74) is 6.59. The van der Waals surface area contributed by atoms with Gasteiger partial charge in [-0.3, -0.25) is 24.4 Å². The summed E-state index contributed by atoms with van der Waals surface area (Å²) in [6, 6.07) is -0.611. The summed E-state index contributed by atoms with van der Waals surface area (Å²) < 4.78 is 63.3. The normalized spacial score (nSPS) is 21.2. The van der Waals surface area contributed by atoms with E-state index in [2.05, 4.69) is 38.2 Å². The van der Waals surface area contributed by atoms with Gasteiger partial charge in [-0.1, -0.05) is 61.8 Å². The zero-order valence-corrected chi connectivity index (χ0v) is 44.9. The lowest BCUT2D eigenvalue weighted by Gasteiger charge is -2.33. The maximum atomic E-state index is 12.5. The van der Waals surface area contributed by atoms with Crippen LogP contribution < -0.4 is 11.1 Å². The number of rotatable bonds is 8. The molecule has 4 amide bonds. The molecule has 4 N–H and O–H groups in total. The summed E-state index contributed by atoms with van der Waals surface area (Å²) in [7, 11) is 0. The number of aliphatic hydroxyl groups excluding tert-OH is 1. The SMILES string of the molecule is C=C1C[C@@H](C=O)N(C(=O)OC(C)(C)C)C1.C=CCOC(=O)N1CCOC1[C@@H]1CC(=C)CN1.C=CCOC(=O)N1CCOC1[C@@H]1CC(=C)CN1C(=O)OC(C)(C)C.ClCCl.ClCCl.NCCO.O=CC(F)(F)F. The molecule has 5 rings (SSSR count). The molecule has 0 aromatic heterocycles. The summed E-state index contributed by atoms with van der Waals surface area (Å²) in [6.07, 6.45) is -2.41. The minimum atomic E-state index is -4.64. The first-order valence-corrected chi connectivity index (χ1v) is 24.3. The second-order valence-corrected chi connectivity index (χ2v) is 19.0. The van der Waals surface area contributed by atoms with Gasteiger partial charge in [0.25, 0.3) is 0 Å². The van der Waals surface area contributed by atoms with E-state index in [1.54, 1.807) is 36.6 Å². The van der Waals surface area contributed by atoms with Crippen molar-refractivity contribution in [2.75, 3.05) is 83.0 Å². The fraction of sp³-hybridized carbons (Fsp3) is 0.652. The predicted molar refractivity (Wildman–Crippen MR) is 270 cm³/mol. The molecule has 0 aromatic carbocycles. The Labute approximate surface area is 441 Å². The highest BCUT2D eigenvalue weighted by Gasteiger charge is 2.46. The number of likely N-dealkylation sites (tertiary alicyclic amines) is 2. The molecule has 5 fully saturated rings. The Morgan fingerprint density at radius 2 is 1.12 bits per heavy atom. The average Bonchev–Trinajstić information content (AvgIpc) is 4.16. The third kappa shape index (κ3) is 29.5. The fourth-order valence-corrected chi connectivity index (χ4v) is 6.45. The number of halogens is 7. The van der Waals surface area contributed by atoms with Crippen molar-refractivity contribution in [1.82, 2.24) is 24.9 Å². The summed E-state index contributed by atoms with van der Waals surface area (Å²) in [4.78, 5) is 73.7. The summed E-state index contributed by atoms with van der Waals surface area (Å²) >= 11 is 19.1. The third-order valence-corrected chi connectivity index (χ3v) is 9.03. The van der Waals surface area contributed by atoms with Gasteiger partial charge < -0.3 is 49.4 Å². The minimum Gasteiger partial charge on any atom is -0.445 e. The van der Waals surface area contributed by atoms with Crippen molar-refractivity contribution >= 4 is 83.3 Å². The minimum absolute atomic E-state index is 0.0972.